The molecule has 1 amide bonds. The molecule has 1 saturated carbocycles. The summed E-state index contributed by atoms with van der Waals surface area (Å²) in [5.41, 5.74) is 0. The average molecular weight is 289 g/mol. The number of carboxylic acids is 1. The lowest BCUT2D eigenvalue weighted by Crippen LogP contribution is -2.37. The fourth-order valence-electron chi connectivity index (χ4n) is 2.36. The third kappa shape index (κ3) is 2.82. The zero-order chi connectivity index (χ0) is 14.1. The number of aliphatic carboxylic acids is 1. The third-order valence-corrected chi connectivity index (χ3v) is 4.67. The van der Waals surface area contributed by atoms with E-state index in [1.807, 2.05) is 30.3 Å². The van der Waals surface area contributed by atoms with Crippen molar-refractivity contribution < 1.29 is 14.7 Å². The first-order chi connectivity index (χ1) is 9.63. The van der Waals surface area contributed by atoms with E-state index < -0.39 is 5.97 Å². The van der Waals surface area contributed by atoms with Gasteiger partial charge in [-0.1, -0.05) is 18.2 Å². The molecule has 1 unspecified atom stereocenters. The molecule has 0 radical (unpaired) electrons. The highest BCUT2D eigenvalue weighted by Gasteiger charge is 2.34. The molecule has 2 N–H and O–H groups in total. The number of thiophene rings is 1. The van der Waals surface area contributed by atoms with Gasteiger partial charge in [-0.2, -0.15) is 0 Å². The SMILES string of the molecule is O=C(O)CC(NC(=O)c1cc2ccccc2s1)C1CC1. The molecule has 104 valence electrons. The minimum Gasteiger partial charge on any atom is -0.481 e. The number of carbonyl (C=O) groups excluding carboxylic acids is 1. The van der Waals surface area contributed by atoms with Crippen LogP contribution in [0, 0.1) is 5.92 Å². The van der Waals surface area contributed by atoms with Crippen molar-refractivity contribution in [3.63, 3.8) is 0 Å². The van der Waals surface area contributed by atoms with Gasteiger partial charge in [-0.3, -0.25) is 9.59 Å². The van der Waals surface area contributed by atoms with Crippen LogP contribution >= 0.6 is 11.3 Å². The molecule has 0 saturated heterocycles. The number of rotatable bonds is 5. The normalized spacial score (nSPS) is 16.0. The van der Waals surface area contributed by atoms with E-state index in [2.05, 4.69) is 5.32 Å². The van der Waals surface area contributed by atoms with Crippen LogP contribution in [0.2, 0.25) is 0 Å². The fraction of sp³-hybridized carbons (Fsp3) is 0.333. The summed E-state index contributed by atoms with van der Waals surface area (Å²) in [4.78, 5) is 23.7. The molecule has 1 aliphatic carbocycles. The second kappa shape index (κ2) is 5.25. The van der Waals surface area contributed by atoms with Gasteiger partial charge in [0.25, 0.3) is 5.91 Å². The van der Waals surface area contributed by atoms with E-state index in [4.69, 9.17) is 5.11 Å². The molecule has 0 spiro atoms. The number of nitrogens with one attached hydrogen (secondary N) is 1. The number of amides is 1. The van der Waals surface area contributed by atoms with Crippen LogP contribution < -0.4 is 5.32 Å². The Bertz CT molecular complexity index is 627. The fourth-order valence-corrected chi connectivity index (χ4v) is 3.32. The Kier molecular flexibility index (Phi) is 3.44. The molecule has 3 rings (SSSR count). The highest BCUT2D eigenvalue weighted by atomic mass is 32.1. The minimum atomic E-state index is -0.862. The highest BCUT2D eigenvalue weighted by Crippen LogP contribution is 2.34. The lowest BCUT2D eigenvalue weighted by molar-refractivity contribution is -0.137. The van der Waals surface area contributed by atoms with Gasteiger partial charge >= 0.3 is 5.97 Å². The second-order valence-corrected chi connectivity index (χ2v) is 6.25. The topological polar surface area (TPSA) is 66.4 Å². The van der Waals surface area contributed by atoms with Crippen LogP contribution in [0.4, 0.5) is 0 Å². The summed E-state index contributed by atoms with van der Waals surface area (Å²) in [6.45, 7) is 0. The van der Waals surface area contributed by atoms with Crippen molar-refractivity contribution in [2.24, 2.45) is 5.92 Å². The number of fused-ring (bicyclic) bond motifs is 1. The van der Waals surface area contributed by atoms with Crippen LogP contribution in [0.25, 0.3) is 10.1 Å². The zero-order valence-electron chi connectivity index (χ0n) is 10.8. The Morgan fingerprint density at radius 3 is 2.75 bits per heavy atom. The van der Waals surface area contributed by atoms with Crippen LogP contribution in [0.5, 0.6) is 0 Å². The smallest absolute Gasteiger partial charge is 0.305 e. The van der Waals surface area contributed by atoms with Gasteiger partial charge in [0, 0.05) is 10.7 Å². The van der Waals surface area contributed by atoms with Crippen molar-refractivity contribution in [3.8, 4) is 0 Å². The van der Waals surface area contributed by atoms with Crippen LogP contribution in [-0.2, 0) is 4.79 Å². The van der Waals surface area contributed by atoms with Gasteiger partial charge in [-0.05, 0) is 36.3 Å². The molecule has 1 aliphatic rings. The first kappa shape index (κ1) is 13.1. The Hall–Kier alpha value is -1.88. The van der Waals surface area contributed by atoms with Gasteiger partial charge in [0.1, 0.15) is 0 Å². The summed E-state index contributed by atoms with van der Waals surface area (Å²) in [5, 5.41) is 12.8. The summed E-state index contributed by atoms with van der Waals surface area (Å²) in [5.74, 6) is -0.702. The van der Waals surface area contributed by atoms with E-state index in [1.165, 1.54) is 11.3 Å². The lowest BCUT2D eigenvalue weighted by atomic mass is 10.1. The molecule has 1 atom stereocenters. The molecule has 20 heavy (non-hydrogen) atoms. The largest absolute Gasteiger partial charge is 0.481 e. The number of benzene rings is 1. The molecule has 4 nitrogen and oxygen atoms in total. The molecule has 2 aromatic rings. The summed E-state index contributed by atoms with van der Waals surface area (Å²) in [6, 6.07) is 9.45. The van der Waals surface area contributed by atoms with Crippen molar-refractivity contribution in [1.82, 2.24) is 5.32 Å². The van der Waals surface area contributed by atoms with Crippen LogP contribution in [0.3, 0.4) is 0 Å². The quantitative estimate of drug-likeness (QED) is 0.889. The Morgan fingerprint density at radius 2 is 2.10 bits per heavy atom. The number of hydrogen-bond donors (Lipinski definition) is 2. The van der Waals surface area contributed by atoms with Crippen LogP contribution in [-0.4, -0.2) is 23.0 Å². The maximum atomic E-state index is 12.2. The predicted molar refractivity (Wildman–Crippen MR) is 78.1 cm³/mol. The number of hydrogen-bond acceptors (Lipinski definition) is 3. The van der Waals surface area contributed by atoms with Gasteiger partial charge in [0.15, 0.2) is 0 Å². The number of carbonyl (C=O) groups is 2. The van der Waals surface area contributed by atoms with Crippen molar-refractivity contribution in [2.45, 2.75) is 25.3 Å². The van der Waals surface area contributed by atoms with Crippen LogP contribution in [0.15, 0.2) is 30.3 Å². The Morgan fingerprint density at radius 1 is 1.35 bits per heavy atom. The summed E-state index contributed by atoms with van der Waals surface area (Å²) in [6.07, 6.45) is 2.01. The molecule has 5 heteroatoms. The monoisotopic (exact) mass is 289 g/mol. The van der Waals surface area contributed by atoms with E-state index >= 15 is 0 Å². The van der Waals surface area contributed by atoms with E-state index in [0.29, 0.717) is 10.8 Å². The average Bonchev–Trinajstić information content (AvgIpc) is 3.16. The van der Waals surface area contributed by atoms with Gasteiger partial charge in [0.05, 0.1) is 11.3 Å². The Balaban J connectivity index is 1.75. The van der Waals surface area contributed by atoms with E-state index in [1.54, 1.807) is 0 Å². The van der Waals surface area contributed by atoms with Crippen molar-refractivity contribution in [2.75, 3.05) is 0 Å². The van der Waals surface area contributed by atoms with Crippen LogP contribution in [0.1, 0.15) is 28.9 Å². The summed E-state index contributed by atoms with van der Waals surface area (Å²) < 4.78 is 1.07. The van der Waals surface area contributed by atoms with Gasteiger partial charge in [-0.25, -0.2) is 0 Å². The lowest BCUT2D eigenvalue weighted by Gasteiger charge is -2.15. The molecule has 0 bridgehead atoms. The molecule has 1 aromatic carbocycles. The van der Waals surface area contributed by atoms with E-state index in [-0.39, 0.29) is 18.4 Å². The molecule has 1 fully saturated rings. The number of carboxylic acid groups (broad SMARTS) is 1. The second-order valence-electron chi connectivity index (χ2n) is 5.16. The standard InChI is InChI=1S/C15H15NO3S/c17-14(18)8-11(9-5-6-9)16-15(19)13-7-10-3-1-2-4-12(10)20-13/h1-4,7,9,11H,5-6,8H2,(H,16,19)(H,17,18). The Labute approximate surface area is 120 Å². The van der Waals surface area contributed by atoms with Gasteiger partial charge in [0.2, 0.25) is 0 Å². The van der Waals surface area contributed by atoms with E-state index in [9.17, 15) is 9.59 Å². The van der Waals surface area contributed by atoms with Gasteiger partial charge < -0.3 is 10.4 Å². The van der Waals surface area contributed by atoms with Gasteiger partial charge in [-0.15, -0.1) is 11.3 Å². The van der Waals surface area contributed by atoms with E-state index in [0.717, 1.165) is 22.9 Å². The summed E-state index contributed by atoms with van der Waals surface area (Å²) >= 11 is 1.44. The zero-order valence-corrected chi connectivity index (χ0v) is 11.7. The van der Waals surface area contributed by atoms with Crippen molar-refractivity contribution in [1.29, 1.82) is 0 Å². The first-order valence-corrected chi connectivity index (χ1v) is 7.46. The predicted octanol–water partition coefficient (Wildman–Crippen LogP) is 2.88. The minimum absolute atomic E-state index is 0.00129. The molecule has 1 heterocycles. The summed E-state index contributed by atoms with van der Waals surface area (Å²) in [7, 11) is 0. The third-order valence-electron chi connectivity index (χ3n) is 3.55. The molecule has 0 aliphatic heterocycles. The molecular formula is C15H15NO3S. The molecule has 1 aromatic heterocycles. The maximum absolute atomic E-state index is 12.2. The van der Waals surface area contributed by atoms with Crippen molar-refractivity contribution >= 4 is 33.3 Å². The maximum Gasteiger partial charge on any atom is 0.305 e. The highest BCUT2D eigenvalue weighted by molar-refractivity contribution is 7.20. The van der Waals surface area contributed by atoms with Crippen molar-refractivity contribution in [3.05, 3.63) is 35.2 Å². The first-order valence-electron chi connectivity index (χ1n) is 6.65. The molecular weight excluding hydrogens is 274 g/mol.